The Morgan fingerprint density at radius 1 is 1.11 bits per heavy atom. The number of amides is 3. The van der Waals surface area contributed by atoms with Gasteiger partial charge in [-0.2, -0.15) is 0 Å². The van der Waals surface area contributed by atoms with E-state index < -0.39 is 16.3 Å². The van der Waals surface area contributed by atoms with Crippen molar-refractivity contribution >= 4 is 64.0 Å². The van der Waals surface area contributed by atoms with Crippen LogP contribution in [0.3, 0.4) is 0 Å². The van der Waals surface area contributed by atoms with Crippen LogP contribution in [0.1, 0.15) is 17.3 Å². The largest absolute Gasteiger partial charge is 0.492 e. The summed E-state index contributed by atoms with van der Waals surface area (Å²) in [6, 6.07) is 10.4. The average molecular weight is 462 g/mol. The molecule has 3 amide bonds. The van der Waals surface area contributed by atoms with Gasteiger partial charge in [-0.3, -0.25) is 10.1 Å². The lowest BCUT2D eigenvalue weighted by Crippen LogP contribution is -2.34. The molecule has 1 fully saturated rings. The maximum Gasteiger partial charge on any atom is 0.326 e. The van der Waals surface area contributed by atoms with Crippen LogP contribution in [0, 0.1) is 11.8 Å². The van der Waals surface area contributed by atoms with E-state index in [1.807, 2.05) is 6.92 Å². The number of anilines is 1. The van der Waals surface area contributed by atoms with Crippen molar-refractivity contribution in [3.8, 4) is 5.75 Å². The Hall–Kier alpha value is -1.66. The minimum Gasteiger partial charge on any atom is -0.492 e. The molecule has 0 spiro atoms. The molecule has 2 atom stereocenters. The van der Waals surface area contributed by atoms with Gasteiger partial charge in [-0.15, -0.1) is 23.2 Å². The van der Waals surface area contributed by atoms with Crippen LogP contribution in [-0.4, -0.2) is 22.9 Å². The Kier molecular flexibility index (Phi) is 6.30. The van der Waals surface area contributed by atoms with Gasteiger partial charge in [0.1, 0.15) is 10.1 Å². The second-order valence-corrected chi connectivity index (χ2v) is 8.67. The van der Waals surface area contributed by atoms with Gasteiger partial charge in [0.25, 0.3) is 5.91 Å². The highest BCUT2D eigenvalue weighted by Crippen LogP contribution is 2.58. The smallest absolute Gasteiger partial charge is 0.326 e. The number of benzene rings is 2. The lowest BCUT2D eigenvalue weighted by atomic mass is 10.2. The first-order valence-electron chi connectivity index (χ1n) is 8.37. The summed E-state index contributed by atoms with van der Waals surface area (Å²) in [6.45, 7) is 2.29. The Labute approximate surface area is 182 Å². The Morgan fingerprint density at radius 2 is 1.79 bits per heavy atom. The Balaban J connectivity index is 1.56. The van der Waals surface area contributed by atoms with Crippen LogP contribution in [0.15, 0.2) is 42.5 Å². The number of carbonyl (C=O) groups is 2. The van der Waals surface area contributed by atoms with Crippen molar-refractivity contribution in [3.05, 3.63) is 58.1 Å². The van der Waals surface area contributed by atoms with Crippen molar-refractivity contribution < 1.29 is 14.3 Å². The summed E-state index contributed by atoms with van der Waals surface area (Å²) in [4.78, 5) is 24.1. The summed E-state index contributed by atoms with van der Waals surface area (Å²) in [5, 5.41) is 5.29. The number of urea groups is 1. The van der Waals surface area contributed by atoms with Gasteiger partial charge in [-0.25, -0.2) is 4.79 Å². The van der Waals surface area contributed by atoms with E-state index in [1.165, 1.54) is 12.1 Å². The summed E-state index contributed by atoms with van der Waals surface area (Å²) in [5.74, 6) is 0.0162. The number of alkyl halides is 2. The number of imide groups is 1. The summed E-state index contributed by atoms with van der Waals surface area (Å²) in [7, 11) is 0. The zero-order valence-corrected chi connectivity index (χ0v) is 17.7. The molecule has 2 aromatic rings. The van der Waals surface area contributed by atoms with Crippen molar-refractivity contribution in [1.29, 1.82) is 0 Å². The van der Waals surface area contributed by atoms with Crippen LogP contribution in [-0.2, 0) is 0 Å². The molecule has 0 radical (unpaired) electrons. The number of halogens is 4. The maximum absolute atomic E-state index is 12.1. The van der Waals surface area contributed by atoms with Gasteiger partial charge in [-0.05, 0) is 36.2 Å². The van der Waals surface area contributed by atoms with E-state index in [0.717, 1.165) is 0 Å². The van der Waals surface area contributed by atoms with E-state index in [1.54, 1.807) is 30.3 Å². The normalized spacial score (nSPS) is 19.6. The summed E-state index contributed by atoms with van der Waals surface area (Å²) in [6.07, 6.45) is 0. The molecule has 1 aliphatic carbocycles. The fourth-order valence-electron chi connectivity index (χ4n) is 2.67. The molecule has 0 bridgehead atoms. The molecule has 2 unspecified atom stereocenters. The minimum absolute atomic E-state index is 0.0336. The first kappa shape index (κ1) is 21.1. The number of nitrogens with one attached hydrogen (secondary N) is 2. The molecule has 28 heavy (non-hydrogen) atoms. The van der Waals surface area contributed by atoms with Gasteiger partial charge >= 0.3 is 6.03 Å². The molecule has 0 saturated heterocycles. The van der Waals surface area contributed by atoms with Gasteiger partial charge in [0.2, 0.25) is 0 Å². The summed E-state index contributed by atoms with van der Waals surface area (Å²) >= 11 is 24.4. The van der Waals surface area contributed by atoms with E-state index in [9.17, 15) is 9.59 Å². The van der Waals surface area contributed by atoms with Crippen molar-refractivity contribution in [2.24, 2.45) is 11.8 Å². The molecule has 0 heterocycles. The monoisotopic (exact) mass is 460 g/mol. The zero-order chi connectivity index (χ0) is 20.5. The minimum atomic E-state index is -0.764. The molecule has 2 N–H and O–H groups in total. The number of carbonyl (C=O) groups excluding carboxylic acids is 2. The number of ether oxygens (including phenoxy) is 1. The molecular weight excluding hydrogens is 446 g/mol. The first-order valence-corrected chi connectivity index (χ1v) is 9.88. The SMILES string of the molecule is CC1C(COc2ccc(NC(=O)NC(=O)c3ccccc3Cl)cc2Cl)C1(Cl)Cl. The van der Waals surface area contributed by atoms with Crippen molar-refractivity contribution in [3.63, 3.8) is 0 Å². The van der Waals surface area contributed by atoms with E-state index in [2.05, 4.69) is 10.6 Å². The van der Waals surface area contributed by atoms with Crippen LogP contribution in [0.25, 0.3) is 0 Å². The van der Waals surface area contributed by atoms with Crippen molar-refractivity contribution in [2.75, 3.05) is 11.9 Å². The van der Waals surface area contributed by atoms with Gasteiger partial charge in [0.15, 0.2) is 0 Å². The third-order valence-electron chi connectivity index (χ3n) is 4.55. The molecule has 5 nitrogen and oxygen atoms in total. The number of hydrogen-bond acceptors (Lipinski definition) is 3. The summed E-state index contributed by atoms with van der Waals surface area (Å²) < 4.78 is 4.90. The molecule has 148 valence electrons. The Bertz CT molecular complexity index is 920. The van der Waals surface area contributed by atoms with E-state index in [0.29, 0.717) is 23.1 Å². The topological polar surface area (TPSA) is 67.4 Å². The molecule has 3 rings (SSSR count). The maximum atomic E-state index is 12.1. The van der Waals surface area contributed by atoms with Gasteiger partial charge in [0, 0.05) is 11.6 Å². The van der Waals surface area contributed by atoms with Crippen molar-refractivity contribution in [2.45, 2.75) is 11.3 Å². The second kappa shape index (κ2) is 8.37. The third-order valence-corrected chi connectivity index (χ3v) is 6.42. The van der Waals surface area contributed by atoms with E-state index in [4.69, 9.17) is 51.1 Å². The quantitative estimate of drug-likeness (QED) is 0.555. The van der Waals surface area contributed by atoms with Crippen LogP contribution >= 0.6 is 46.4 Å². The predicted octanol–water partition coefficient (Wildman–Crippen LogP) is 5.77. The molecular formula is C19H16Cl4N2O3. The fraction of sp³-hybridized carbons (Fsp3) is 0.263. The van der Waals surface area contributed by atoms with Crippen LogP contribution < -0.4 is 15.4 Å². The standard InChI is InChI=1S/C19H16Cl4N2O3/c1-10-13(19(10,22)23)9-28-16-7-6-11(8-15(16)21)24-18(27)25-17(26)12-4-2-3-5-14(12)20/h2-8,10,13H,9H2,1H3,(H2,24,25,26,27). The number of hydrogen-bond donors (Lipinski definition) is 2. The predicted molar refractivity (Wildman–Crippen MR) is 112 cm³/mol. The zero-order valence-electron chi connectivity index (χ0n) is 14.6. The van der Waals surface area contributed by atoms with Gasteiger partial charge in [-0.1, -0.05) is 42.3 Å². The highest BCUT2D eigenvalue weighted by Gasteiger charge is 2.60. The highest BCUT2D eigenvalue weighted by molar-refractivity contribution is 6.51. The Morgan fingerprint density at radius 3 is 2.39 bits per heavy atom. The first-order chi connectivity index (χ1) is 13.2. The van der Waals surface area contributed by atoms with Crippen LogP contribution in [0.4, 0.5) is 10.5 Å². The lowest BCUT2D eigenvalue weighted by Gasteiger charge is -2.11. The van der Waals surface area contributed by atoms with Gasteiger partial charge in [0.05, 0.1) is 22.2 Å². The van der Waals surface area contributed by atoms with Crippen LogP contribution in [0.5, 0.6) is 5.75 Å². The molecule has 2 aromatic carbocycles. The van der Waals surface area contributed by atoms with E-state index >= 15 is 0 Å². The molecule has 9 heteroatoms. The van der Waals surface area contributed by atoms with E-state index in [-0.39, 0.29) is 22.4 Å². The molecule has 1 saturated carbocycles. The fourth-order valence-corrected chi connectivity index (χ4v) is 3.81. The summed E-state index contributed by atoms with van der Waals surface area (Å²) in [5.41, 5.74) is 0.593. The highest BCUT2D eigenvalue weighted by atomic mass is 35.5. The van der Waals surface area contributed by atoms with Gasteiger partial charge < -0.3 is 10.1 Å². The van der Waals surface area contributed by atoms with Crippen molar-refractivity contribution in [1.82, 2.24) is 5.32 Å². The number of rotatable bonds is 5. The third kappa shape index (κ3) is 4.66. The van der Waals surface area contributed by atoms with Crippen LogP contribution in [0.2, 0.25) is 10.0 Å². The molecule has 0 aromatic heterocycles. The molecule has 0 aliphatic heterocycles. The lowest BCUT2D eigenvalue weighted by molar-refractivity contribution is 0.0967. The average Bonchev–Trinajstić information content (AvgIpc) is 3.11. The second-order valence-electron chi connectivity index (χ2n) is 6.41. The molecule has 1 aliphatic rings.